The molecule has 0 radical (unpaired) electrons. The number of aliphatic carboxylic acids is 2. The summed E-state index contributed by atoms with van der Waals surface area (Å²) in [7, 11) is 1.37. The first-order valence-corrected chi connectivity index (χ1v) is 12.4. The Morgan fingerprint density at radius 1 is 1.20 bits per heavy atom. The van der Waals surface area contributed by atoms with Gasteiger partial charge in [-0.15, -0.1) is 0 Å². The van der Waals surface area contributed by atoms with Crippen molar-refractivity contribution >= 4 is 44.7 Å². The number of carboxylic acid groups (broad SMARTS) is 2. The van der Waals surface area contributed by atoms with Crippen LogP contribution in [0.1, 0.15) is 49.9 Å². The molecule has 0 spiro atoms. The van der Waals surface area contributed by atoms with E-state index in [4.69, 9.17) is 14.9 Å². The minimum Gasteiger partial charge on any atom is -0.478 e. The quantitative estimate of drug-likeness (QED) is 0.391. The lowest BCUT2D eigenvalue weighted by Crippen LogP contribution is -2.60. The number of hydrogen-bond acceptors (Lipinski definition) is 6. The van der Waals surface area contributed by atoms with E-state index in [1.165, 1.54) is 12.7 Å². The highest BCUT2D eigenvalue weighted by Crippen LogP contribution is 2.60. The molecule has 10 heteroatoms. The summed E-state index contributed by atoms with van der Waals surface area (Å²) in [6.45, 7) is 4.34. The lowest BCUT2D eigenvalue weighted by atomic mass is 9.62. The van der Waals surface area contributed by atoms with E-state index in [0.717, 1.165) is 59.8 Å². The first kappa shape index (κ1) is 25.4. The molecule has 9 nitrogen and oxygen atoms in total. The zero-order valence-electron chi connectivity index (χ0n) is 19.7. The number of benzene rings is 1. The average Bonchev–Trinajstić information content (AvgIpc) is 3.16. The maximum atomic E-state index is 12.9. The Hall–Kier alpha value is -2.69. The summed E-state index contributed by atoms with van der Waals surface area (Å²) in [4.78, 5) is 34.6. The molecule has 3 N–H and O–H groups in total. The third kappa shape index (κ3) is 4.17. The number of piperidine rings is 1. The molecule has 35 heavy (non-hydrogen) atoms. The van der Waals surface area contributed by atoms with Crippen LogP contribution in [0.15, 0.2) is 34.8 Å². The molecule has 3 aliphatic heterocycles. The molecule has 1 saturated heterocycles. The van der Waals surface area contributed by atoms with Crippen LogP contribution in [0.4, 0.5) is 0 Å². The first-order chi connectivity index (χ1) is 16.6. The SMILES string of the molecule is CC[C@]12CCCN3CCc4c(n(c5cc(Br)ccc45)[C@@](O)(C(=O)OC)C1)[C@@H]32.O=C(O)C=CC(=O)O. The zero-order valence-corrected chi connectivity index (χ0v) is 21.2. The number of carbonyl (C=O) groups is 3. The van der Waals surface area contributed by atoms with Crippen LogP contribution in [0.2, 0.25) is 0 Å². The van der Waals surface area contributed by atoms with Gasteiger partial charge >= 0.3 is 17.9 Å². The van der Waals surface area contributed by atoms with Gasteiger partial charge in [0.2, 0.25) is 5.72 Å². The number of carboxylic acids is 2. The molecule has 188 valence electrons. The van der Waals surface area contributed by atoms with Crippen molar-refractivity contribution in [3.63, 3.8) is 0 Å². The third-order valence-electron chi connectivity index (χ3n) is 7.60. The molecule has 0 aliphatic carbocycles. The molecule has 3 aliphatic rings. The van der Waals surface area contributed by atoms with Crippen molar-refractivity contribution in [2.75, 3.05) is 20.2 Å². The lowest BCUT2D eigenvalue weighted by molar-refractivity contribution is -0.194. The highest BCUT2D eigenvalue weighted by atomic mass is 79.9. The molecule has 0 amide bonds. The van der Waals surface area contributed by atoms with E-state index in [1.54, 1.807) is 0 Å². The largest absolute Gasteiger partial charge is 0.478 e. The number of aliphatic hydroxyl groups is 1. The summed E-state index contributed by atoms with van der Waals surface area (Å²) < 4.78 is 7.97. The molecule has 2 aromatic rings. The Bertz CT molecular complexity index is 1210. The fourth-order valence-electron chi connectivity index (χ4n) is 6.26. The highest BCUT2D eigenvalue weighted by Gasteiger charge is 2.60. The molecule has 0 saturated carbocycles. The van der Waals surface area contributed by atoms with E-state index in [-0.39, 0.29) is 11.5 Å². The molecule has 1 fully saturated rings. The van der Waals surface area contributed by atoms with Crippen LogP contribution >= 0.6 is 15.9 Å². The first-order valence-electron chi connectivity index (χ1n) is 11.6. The van der Waals surface area contributed by atoms with Crippen molar-refractivity contribution in [2.24, 2.45) is 5.41 Å². The van der Waals surface area contributed by atoms with E-state index in [1.807, 2.05) is 16.7 Å². The van der Waals surface area contributed by atoms with Crippen LogP contribution in [0, 0.1) is 5.41 Å². The number of methoxy groups -OCH3 is 1. The molecular weight excluding hydrogens is 520 g/mol. The molecule has 0 unspecified atom stereocenters. The van der Waals surface area contributed by atoms with Crippen LogP contribution in [0.3, 0.4) is 0 Å². The molecule has 4 heterocycles. The smallest absolute Gasteiger partial charge is 0.359 e. The maximum absolute atomic E-state index is 12.9. The van der Waals surface area contributed by atoms with Crippen molar-refractivity contribution in [1.29, 1.82) is 0 Å². The van der Waals surface area contributed by atoms with Crippen molar-refractivity contribution in [1.82, 2.24) is 9.47 Å². The van der Waals surface area contributed by atoms with Gasteiger partial charge in [0.15, 0.2) is 0 Å². The fourth-order valence-corrected chi connectivity index (χ4v) is 6.61. The van der Waals surface area contributed by atoms with Gasteiger partial charge in [0, 0.05) is 40.7 Å². The monoisotopic (exact) mass is 548 g/mol. The molecular formula is C25H29BrN2O7. The van der Waals surface area contributed by atoms with Crippen molar-refractivity contribution in [3.8, 4) is 0 Å². The average molecular weight is 549 g/mol. The predicted octanol–water partition coefficient (Wildman–Crippen LogP) is 3.43. The summed E-state index contributed by atoms with van der Waals surface area (Å²) in [5, 5.41) is 28.6. The summed E-state index contributed by atoms with van der Waals surface area (Å²) >= 11 is 3.57. The van der Waals surface area contributed by atoms with Crippen LogP contribution in [-0.4, -0.2) is 62.9 Å². The summed E-state index contributed by atoms with van der Waals surface area (Å²) in [6.07, 6.45) is 5.57. The summed E-state index contributed by atoms with van der Waals surface area (Å²) in [5.74, 6) is -3.07. The standard InChI is InChI=1S/C21H25BrN2O3.C4H4O4/c1-3-20-8-4-9-23-10-7-15-14-6-5-13(22)11-16(14)24(17(15)18(20)23)21(26,12-20)19(25)27-2;5-3(6)1-2-4(7)8/h5-6,11,18,26H,3-4,7-10,12H2,1-2H3;1-2H,(H,5,6)(H,7,8)/t18-,20+,21+;/m1./s1. The number of carbonyl (C=O) groups excluding carboxylic acids is 1. The minimum absolute atomic E-state index is 0.0992. The topological polar surface area (TPSA) is 129 Å². The Kier molecular flexibility index (Phi) is 6.82. The van der Waals surface area contributed by atoms with E-state index in [9.17, 15) is 19.5 Å². The van der Waals surface area contributed by atoms with E-state index >= 15 is 0 Å². The van der Waals surface area contributed by atoms with Gasteiger partial charge in [-0.05, 0) is 55.3 Å². The minimum atomic E-state index is -1.66. The normalized spacial score (nSPS) is 27.1. The van der Waals surface area contributed by atoms with Gasteiger partial charge in [-0.1, -0.05) is 28.9 Å². The van der Waals surface area contributed by atoms with Gasteiger partial charge in [-0.3, -0.25) is 4.90 Å². The number of esters is 1. The molecule has 0 bridgehead atoms. The van der Waals surface area contributed by atoms with Crippen molar-refractivity contribution in [3.05, 3.63) is 46.1 Å². The van der Waals surface area contributed by atoms with E-state index < -0.39 is 23.6 Å². The number of hydrogen-bond donors (Lipinski definition) is 3. The van der Waals surface area contributed by atoms with Gasteiger partial charge in [-0.2, -0.15) is 0 Å². The van der Waals surface area contributed by atoms with Gasteiger partial charge < -0.3 is 24.6 Å². The molecule has 5 rings (SSSR count). The number of fused-ring (bicyclic) bond motifs is 3. The second-order valence-electron chi connectivity index (χ2n) is 9.36. The van der Waals surface area contributed by atoms with E-state index in [2.05, 4.69) is 33.8 Å². The Morgan fingerprint density at radius 2 is 1.89 bits per heavy atom. The highest BCUT2D eigenvalue weighted by molar-refractivity contribution is 9.10. The Balaban J connectivity index is 0.000000314. The van der Waals surface area contributed by atoms with Crippen LogP contribution in [-0.2, 0) is 31.3 Å². The van der Waals surface area contributed by atoms with Crippen LogP contribution < -0.4 is 0 Å². The predicted molar refractivity (Wildman–Crippen MR) is 131 cm³/mol. The summed E-state index contributed by atoms with van der Waals surface area (Å²) in [5.41, 5.74) is 1.58. The van der Waals surface area contributed by atoms with Crippen LogP contribution in [0.5, 0.6) is 0 Å². The van der Waals surface area contributed by atoms with Crippen LogP contribution in [0.25, 0.3) is 10.9 Å². The number of ether oxygens (including phenoxy) is 1. The number of halogens is 1. The summed E-state index contributed by atoms with van der Waals surface area (Å²) in [6, 6.07) is 6.44. The van der Waals surface area contributed by atoms with Gasteiger partial charge in [0.1, 0.15) is 0 Å². The van der Waals surface area contributed by atoms with Gasteiger partial charge in [0.05, 0.1) is 18.7 Å². The Morgan fingerprint density at radius 3 is 2.49 bits per heavy atom. The second-order valence-corrected chi connectivity index (χ2v) is 10.3. The van der Waals surface area contributed by atoms with Gasteiger partial charge in [0.25, 0.3) is 0 Å². The lowest BCUT2D eigenvalue weighted by Gasteiger charge is -2.57. The number of nitrogens with zero attached hydrogens (tertiary/aromatic N) is 2. The maximum Gasteiger partial charge on any atom is 0.359 e. The zero-order chi connectivity index (χ0) is 25.5. The van der Waals surface area contributed by atoms with E-state index in [0.29, 0.717) is 18.6 Å². The second kappa shape index (κ2) is 9.40. The Labute approximate surface area is 211 Å². The number of rotatable bonds is 4. The molecule has 1 aromatic carbocycles. The van der Waals surface area contributed by atoms with Crippen molar-refractivity contribution in [2.45, 2.75) is 50.8 Å². The third-order valence-corrected chi connectivity index (χ3v) is 8.10. The van der Waals surface area contributed by atoms with Gasteiger partial charge in [-0.25, -0.2) is 14.4 Å². The molecule has 1 aromatic heterocycles. The number of aromatic nitrogens is 1. The molecule has 3 atom stereocenters. The van der Waals surface area contributed by atoms with Crippen molar-refractivity contribution < 1.29 is 34.4 Å². The fraction of sp³-hybridized carbons (Fsp3) is 0.480.